The van der Waals surface area contributed by atoms with Crippen molar-refractivity contribution in [3.8, 4) is 0 Å². The zero-order valence-electron chi connectivity index (χ0n) is 5.54. The van der Waals surface area contributed by atoms with E-state index < -0.39 is 6.87 Å². The lowest BCUT2D eigenvalue weighted by Crippen LogP contribution is -2.16. The van der Waals surface area contributed by atoms with Gasteiger partial charge in [0, 0.05) is 13.1 Å². The average Bonchev–Trinajstić information content (AvgIpc) is 1.65. The summed E-state index contributed by atoms with van der Waals surface area (Å²) in [5.74, 6) is 0. The molecule has 0 aliphatic rings. The van der Waals surface area contributed by atoms with Crippen LogP contribution < -0.4 is 0 Å². The number of hydrogen-bond acceptors (Lipinski definition) is 1. The summed E-state index contributed by atoms with van der Waals surface area (Å²) in [5, 5.41) is 0. The van der Waals surface area contributed by atoms with E-state index in [-0.39, 0.29) is 0 Å². The van der Waals surface area contributed by atoms with Crippen LogP contribution in [0, 0.1) is 0 Å². The molecule has 0 spiro atoms. The summed E-state index contributed by atoms with van der Waals surface area (Å²) in [6.07, 6.45) is 0. The van der Waals surface area contributed by atoms with E-state index in [9.17, 15) is 4.57 Å². The lowest BCUT2D eigenvalue weighted by atomic mass is 10.7. The van der Waals surface area contributed by atoms with Crippen molar-refractivity contribution < 1.29 is 9.46 Å². The van der Waals surface area contributed by atoms with E-state index in [4.69, 9.17) is 16.1 Å². The van der Waals surface area contributed by atoms with E-state index in [1.807, 2.05) is 0 Å². The molecule has 0 bridgehead atoms. The predicted octanol–water partition coefficient (Wildman–Crippen LogP) is 1.67. The van der Waals surface area contributed by atoms with Crippen LogP contribution in [0.4, 0.5) is 0 Å². The molecule has 0 aromatic carbocycles. The summed E-state index contributed by atoms with van der Waals surface area (Å²) in [4.78, 5) is 8.72. The van der Waals surface area contributed by atoms with E-state index >= 15 is 0 Å². The van der Waals surface area contributed by atoms with E-state index in [1.165, 1.54) is 4.67 Å². The molecule has 1 N–H and O–H groups in total. The molecule has 5 heteroatoms. The molecule has 3 nitrogen and oxygen atoms in total. The van der Waals surface area contributed by atoms with Gasteiger partial charge in [-0.2, -0.15) is 0 Å². The van der Waals surface area contributed by atoms with Gasteiger partial charge in [0.1, 0.15) is 0 Å². The summed E-state index contributed by atoms with van der Waals surface area (Å²) in [7, 11) is 0. The minimum Gasteiger partial charge on any atom is -0.322 e. The average molecular weight is 172 g/mol. The third-order valence-electron chi connectivity index (χ3n) is 1.08. The molecule has 9 heavy (non-hydrogen) atoms. The fourth-order valence-corrected chi connectivity index (χ4v) is 1.91. The summed E-state index contributed by atoms with van der Waals surface area (Å²) < 4.78 is 11.9. The Morgan fingerprint density at radius 3 is 1.89 bits per heavy atom. The normalized spacial score (nSPS) is 17.9. The first kappa shape index (κ1) is 9.44. The van der Waals surface area contributed by atoms with Crippen LogP contribution in [0.3, 0.4) is 0 Å². The zero-order valence-corrected chi connectivity index (χ0v) is 7.19. The highest BCUT2D eigenvalue weighted by Gasteiger charge is 2.20. The molecule has 0 aliphatic carbocycles. The highest BCUT2D eigenvalue weighted by atomic mass is 35.7. The second-order valence-corrected chi connectivity index (χ2v) is 4.44. The highest BCUT2D eigenvalue weighted by Crippen LogP contribution is 2.49. The van der Waals surface area contributed by atoms with Crippen molar-refractivity contribution in [3.05, 3.63) is 0 Å². The van der Waals surface area contributed by atoms with Crippen LogP contribution >= 0.6 is 18.1 Å². The number of rotatable bonds is 3. The first-order valence-electron chi connectivity index (χ1n) is 2.80. The predicted molar refractivity (Wildman–Crippen MR) is 38.6 cm³/mol. The van der Waals surface area contributed by atoms with Crippen LogP contribution in [0.15, 0.2) is 0 Å². The molecule has 0 aromatic rings. The van der Waals surface area contributed by atoms with Crippen molar-refractivity contribution in [3.63, 3.8) is 0 Å². The lowest BCUT2D eigenvalue weighted by molar-refractivity contribution is 0.382. The fraction of sp³-hybridized carbons (Fsp3) is 1.00. The highest BCUT2D eigenvalue weighted by molar-refractivity contribution is 7.82. The largest absolute Gasteiger partial charge is 0.360 e. The number of hydrogen-bond donors (Lipinski definition) is 1. The number of halogens is 1. The second kappa shape index (κ2) is 3.57. The van der Waals surface area contributed by atoms with Gasteiger partial charge in [-0.3, -0.25) is 4.57 Å². The maximum absolute atomic E-state index is 10.6. The van der Waals surface area contributed by atoms with Crippen LogP contribution in [-0.2, 0) is 4.57 Å². The quantitative estimate of drug-likeness (QED) is 0.657. The van der Waals surface area contributed by atoms with Crippen molar-refractivity contribution in [1.29, 1.82) is 0 Å². The Kier molecular flexibility index (Phi) is 3.74. The molecule has 0 aromatic heterocycles. The van der Waals surface area contributed by atoms with Crippen LogP contribution in [0.5, 0.6) is 0 Å². The van der Waals surface area contributed by atoms with E-state index in [1.54, 1.807) is 13.8 Å². The Labute approximate surface area is 59.9 Å². The van der Waals surface area contributed by atoms with E-state index in [0.717, 1.165) is 0 Å². The molecular weight excluding hydrogens is 160 g/mol. The van der Waals surface area contributed by atoms with Gasteiger partial charge in [-0.15, -0.1) is 0 Å². The summed E-state index contributed by atoms with van der Waals surface area (Å²) in [6, 6.07) is 0. The monoisotopic (exact) mass is 171 g/mol. The Bertz CT molecular complexity index is 120. The molecule has 1 unspecified atom stereocenters. The van der Waals surface area contributed by atoms with Crippen molar-refractivity contribution in [1.82, 2.24) is 4.67 Å². The van der Waals surface area contributed by atoms with Crippen molar-refractivity contribution >= 4 is 18.1 Å². The molecule has 0 radical (unpaired) electrons. The van der Waals surface area contributed by atoms with Crippen LogP contribution in [0.25, 0.3) is 0 Å². The molecule has 0 rings (SSSR count). The fourth-order valence-electron chi connectivity index (χ4n) is 0.572. The van der Waals surface area contributed by atoms with Crippen LogP contribution in [0.1, 0.15) is 13.8 Å². The SMILES string of the molecule is CCN(CC)P(=O)(O)Cl. The van der Waals surface area contributed by atoms with Gasteiger partial charge in [-0.1, -0.05) is 13.8 Å². The minimum absolute atomic E-state index is 0.508. The van der Waals surface area contributed by atoms with Gasteiger partial charge in [-0.05, 0) is 11.2 Å². The summed E-state index contributed by atoms with van der Waals surface area (Å²) >= 11 is 5.14. The number of nitrogens with zero attached hydrogens (tertiary/aromatic N) is 1. The van der Waals surface area contributed by atoms with Gasteiger partial charge < -0.3 is 4.89 Å². The Hall–Kier alpha value is 0.440. The second-order valence-electron chi connectivity index (χ2n) is 1.61. The van der Waals surface area contributed by atoms with Crippen LogP contribution in [-0.4, -0.2) is 22.7 Å². The minimum atomic E-state index is -3.47. The van der Waals surface area contributed by atoms with E-state index in [2.05, 4.69) is 0 Å². The van der Waals surface area contributed by atoms with Crippen molar-refractivity contribution in [2.24, 2.45) is 0 Å². The van der Waals surface area contributed by atoms with Gasteiger partial charge in [-0.25, -0.2) is 4.67 Å². The smallest absolute Gasteiger partial charge is 0.322 e. The van der Waals surface area contributed by atoms with E-state index in [0.29, 0.717) is 13.1 Å². The Morgan fingerprint density at radius 1 is 1.56 bits per heavy atom. The molecule has 0 aliphatic heterocycles. The summed E-state index contributed by atoms with van der Waals surface area (Å²) in [5.41, 5.74) is 0. The summed E-state index contributed by atoms with van der Waals surface area (Å²) in [6.45, 7) is 1.12. The van der Waals surface area contributed by atoms with Gasteiger partial charge in [0.2, 0.25) is 0 Å². The van der Waals surface area contributed by atoms with Gasteiger partial charge in [0.25, 0.3) is 0 Å². The maximum Gasteiger partial charge on any atom is 0.360 e. The van der Waals surface area contributed by atoms with Crippen molar-refractivity contribution in [2.75, 3.05) is 13.1 Å². The van der Waals surface area contributed by atoms with Crippen LogP contribution in [0.2, 0.25) is 0 Å². The maximum atomic E-state index is 10.6. The molecule has 0 saturated heterocycles. The molecule has 0 saturated carbocycles. The third kappa shape index (κ3) is 3.21. The molecular formula is C4H11ClNO2P. The third-order valence-corrected chi connectivity index (χ3v) is 2.98. The lowest BCUT2D eigenvalue weighted by Gasteiger charge is -2.17. The molecule has 0 amide bonds. The molecule has 56 valence electrons. The Morgan fingerprint density at radius 2 is 1.89 bits per heavy atom. The molecule has 0 fully saturated rings. The van der Waals surface area contributed by atoms with Crippen molar-refractivity contribution in [2.45, 2.75) is 13.8 Å². The Balaban J connectivity index is 3.96. The van der Waals surface area contributed by atoms with Gasteiger partial charge in [0.05, 0.1) is 0 Å². The standard InChI is InChI=1S/C4H11ClNO2P/c1-3-6(4-2)9(5,7)8/h3-4H2,1-2H3,(H,7,8). The first-order valence-corrected chi connectivity index (χ1v) is 5.32. The zero-order chi connectivity index (χ0) is 7.49. The first-order chi connectivity index (χ1) is 4.02. The molecule has 1 atom stereocenters. The van der Waals surface area contributed by atoms with Gasteiger partial charge >= 0.3 is 6.87 Å². The topological polar surface area (TPSA) is 40.5 Å². The van der Waals surface area contributed by atoms with Gasteiger partial charge in [0.15, 0.2) is 0 Å². The molecule has 0 heterocycles.